The monoisotopic (exact) mass is 286 g/mol. The summed E-state index contributed by atoms with van der Waals surface area (Å²) < 4.78 is 11.0. The van der Waals surface area contributed by atoms with Crippen LogP contribution in [0.25, 0.3) is 0 Å². The smallest absolute Gasteiger partial charge is 0.122 e. The second-order valence-electron chi connectivity index (χ2n) is 4.38. The molecule has 0 amide bonds. The number of hydrogen-bond donors (Lipinski definition) is 1. The van der Waals surface area contributed by atoms with Gasteiger partial charge in [0.2, 0.25) is 0 Å². The number of nitrogens with one attached hydrogen (secondary N) is 1. The van der Waals surface area contributed by atoms with Crippen molar-refractivity contribution < 1.29 is 9.47 Å². The number of hydrogen-bond acceptors (Lipinski definition) is 5. The lowest BCUT2D eigenvalue weighted by molar-refractivity contribution is 0.0593. The minimum Gasteiger partial charge on any atom is -0.378 e. The Morgan fingerprint density at radius 3 is 2.68 bits per heavy atom. The molecule has 1 heterocycles. The Morgan fingerprint density at radius 2 is 2.11 bits per heavy atom. The molecule has 5 heteroatoms. The van der Waals surface area contributed by atoms with Gasteiger partial charge in [-0.2, -0.15) is 0 Å². The van der Waals surface area contributed by atoms with E-state index in [1.165, 1.54) is 4.88 Å². The highest BCUT2D eigenvalue weighted by Crippen LogP contribution is 2.28. The fourth-order valence-electron chi connectivity index (χ4n) is 1.87. The van der Waals surface area contributed by atoms with Crippen LogP contribution in [0.1, 0.15) is 55.3 Å². The quantitative estimate of drug-likeness (QED) is 0.670. The lowest BCUT2D eigenvalue weighted by Crippen LogP contribution is -2.14. The average Bonchev–Trinajstić information content (AvgIpc) is 2.80. The van der Waals surface area contributed by atoms with Gasteiger partial charge >= 0.3 is 0 Å². The van der Waals surface area contributed by atoms with Crippen LogP contribution in [0.4, 0.5) is 0 Å². The molecule has 0 aromatic carbocycles. The summed E-state index contributed by atoms with van der Waals surface area (Å²) in [6, 6.07) is 0. The lowest BCUT2D eigenvalue weighted by Gasteiger charge is -2.11. The van der Waals surface area contributed by atoms with E-state index in [2.05, 4.69) is 19.2 Å². The molecule has 110 valence electrons. The van der Waals surface area contributed by atoms with Gasteiger partial charge in [-0.15, -0.1) is 11.3 Å². The minimum atomic E-state index is 0.116. The molecular weight excluding hydrogens is 260 g/mol. The SMILES string of the molecule is CCCNCc1sc(C(CC)OCC)nc1COC. The molecule has 0 fully saturated rings. The van der Waals surface area contributed by atoms with E-state index in [0.29, 0.717) is 6.61 Å². The van der Waals surface area contributed by atoms with Crippen molar-refractivity contribution in [2.24, 2.45) is 0 Å². The molecule has 0 aliphatic rings. The topological polar surface area (TPSA) is 43.4 Å². The first kappa shape index (κ1) is 16.6. The molecule has 0 radical (unpaired) electrons. The summed E-state index contributed by atoms with van der Waals surface area (Å²) >= 11 is 1.74. The van der Waals surface area contributed by atoms with Crippen molar-refractivity contribution in [3.63, 3.8) is 0 Å². The summed E-state index contributed by atoms with van der Waals surface area (Å²) in [5, 5.41) is 4.50. The Hall–Kier alpha value is -0.490. The van der Waals surface area contributed by atoms with Gasteiger partial charge in [-0.3, -0.25) is 0 Å². The van der Waals surface area contributed by atoms with Crippen LogP contribution in [-0.2, 0) is 22.6 Å². The van der Waals surface area contributed by atoms with Crippen molar-refractivity contribution in [3.05, 3.63) is 15.6 Å². The van der Waals surface area contributed by atoms with Gasteiger partial charge in [0.25, 0.3) is 0 Å². The first-order valence-corrected chi connectivity index (χ1v) is 7.88. The predicted octanol–water partition coefficient (Wildman–Crippen LogP) is 3.28. The van der Waals surface area contributed by atoms with Gasteiger partial charge < -0.3 is 14.8 Å². The van der Waals surface area contributed by atoms with Crippen LogP contribution in [0.3, 0.4) is 0 Å². The van der Waals surface area contributed by atoms with E-state index in [-0.39, 0.29) is 6.10 Å². The van der Waals surface area contributed by atoms with Crippen LogP contribution in [0.15, 0.2) is 0 Å². The zero-order chi connectivity index (χ0) is 14.1. The fourth-order valence-corrected chi connectivity index (χ4v) is 3.04. The lowest BCUT2D eigenvalue weighted by atomic mass is 10.3. The van der Waals surface area contributed by atoms with Crippen LogP contribution in [0, 0.1) is 0 Å². The molecular formula is C14H26N2O2S. The Kier molecular flexibility index (Phi) is 8.21. The van der Waals surface area contributed by atoms with Gasteiger partial charge in [0.05, 0.1) is 12.3 Å². The van der Waals surface area contributed by atoms with Crippen molar-refractivity contribution in [2.75, 3.05) is 20.3 Å². The molecule has 0 saturated carbocycles. The predicted molar refractivity (Wildman–Crippen MR) is 79.5 cm³/mol. The van der Waals surface area contributed by atoms with E-state index in [0.717, 1.165) is 43.2 Å². The molecule has 0 spiro atoms. The number of thiazole rings is 1. The van der Waals surface area contributed by atoms with Crippen molar-refractivity contribution in [2.45, 2.75) is 52.9 Å². The summed E-state index contributed by atoms with van der Waals surface area (Å²) in [6.07, 6.45) is 2.21. The second-order valence-corrected chi connectivity index (χ2v) is 5.50. The summed E-state index contributed by atoms with van der Waals surface area (Å²) in [6.45, 7) is 9.52. The van der Waals surface area contributed by atoms with Crippen molar-refractivity contribution in [1.29, 1.82) is 0 Å². The molecule has 1 rings (SSSR count). The molecule has 1 unspecified atom stereocenters. The van der Waals surface area contributed by atoms with E-state index < -0.39 is 0 Å². The third kappa shape index (κ3) is 5.18. The van der Waals surface area contributed by atoms with Crippen LogP contribution in [-0.4, -0.2) is 25.2 Å². The van der Waals surface area contributed by atoms with E-state index in [9.17, 15) is 0 Å². The molecule has 1 aromatic rings. The first-order valence-electron chi connectivity index (χ1n) is 7.06. The zero-order valence-corrected chi connectivity index (χ0v) is 13.3. The molecule has 0 aliphatic carbocycles. The number of ether oxygens (including phenoxy) is 2. The molecule has 19 heavy (non-hydrogen) atoms. The summed E-state index contributed by atoms with van der Waals surface area (Å²) in [5.41, 5.74) is 1.05. The van der Waals surface area contributed by atoms with E-state index >= 15 is 0 Å². The van der Waals surface area contributed by atoms with Crippen LogP contribution < -0.4 is 5.32 Å². The number of methoxy groups -OCH3 is 1. The van der Waals surface area contributed by atoms with E-state index in [1.54, 1.807) is 18.4 Å². The molecule has 0 aliphatic heterocycles. The summed E-state index contributed by atoms with van der Waals surface area (Å²) in [7, 11) is 1.71. The van der Waals surface area contributed by atoms with Gasteiger partial charge in [-0.1, -0.05) is 13.8 Å². The number of rotatable bonds is 10. The molecule has 1 N–H and O–H groups in total. The zero-order valence-electron chi connectivity index (χ0n) is 12.5. The maximum absolute atomic E-state index is 5.74. The third-order valence-corrected chi connectivity index (χ3v) is 3.99. The van der Waals surface area contributed by atoms with Gasteiger partial charge in [0, 0.05) is 25.1 Å². The Balaban J connectivity index is 2.79. The largest absolute Gasteiger partial charge is 0.378 e. The highest BCUT2D eigenvalue weighted by atomic mass is 32.1. The Labute approximate surface area is 120 Å². The maximum Gasteiger partial charge on any atom is 0.122 e. The highest BCUT2D eigenvalue weighted by Gasteiger charge is 2.17. The Morgan fingerprint density at radius 1 is 1.32 bits per heavy atom. The fraction of sp³-hybridized carbons (Fsp3) is 0.786. The normalized spacial score (nSPS) is 12.8. The van der Waals surface area contributed by atoms with E-state index in [1.807, 2.05) is 6.92 Å². The van der Waals surface area contributed by atoms with Gasteiger partial charge in [-0.05, 0) is 26.3 Å². The molecule has 1 atom stereocenters. The van der Waals surface area contributed by atoms with Crippen LogP contribution in [0.5, 0.6) is 0 Å². The van der Waals surface area contributed by atoms with Gasteiger partial charge in [0.15, 0.2) is 0 Å². The standard InChI is InChI=1S/C14H26N2O2S/c1-5-8-15-9-13-11(10-17-4)16-14(19-13)12(6-2)18-7-3/h12,15H,5-10H2,1-4H3. The van der Waals surface area contributed by atoms with Gasteiger partial charge in [0.1, 0.15) is 11.1 Å². The molecule has 1 aromatic heterocycles. The van der Waals surface area contributed by atoms with Crippen LogP contribution in [0.2, 0.25) is 0 Å². The first-order chi connectivity index (χ1) is 9.26. The van der Waals surface area contributed by atoms with Crippen molar-refractivity contribution in [1.82, 2.24) is 10.3 Å². The van der Waals surface area contributed by atoms with E-state index in [4.69, 9.17) is 14.5 Å². The molecule has 0 saturated heterocycles. The average molecular weight is 286 g/mol. The number of nitrogens with zero attached hydrogens (tertiary/aromatic N) is 1. The highest BCUT2D eigenvalue weighted by molar-refractivity contribution is 7.11. The van der Waals surface area contributed by atoms with Crippen LogP contribution >= 0.6 is 11.3 Å². The van der Waals surface area contributed by atoms with Crippen molar-refractivity contribution >= 4 is 11.3 Å². The minimum absolute atomic E-state index is 0.116. The maximum atomic E-state index is 5.74. The summed E-state index contributed by atoms with van der Waals surface area (Å²) in [4.78, 5) is 5.96. The molecule has 4 nitrogen and oxygen atoms in total. The number of aromatic nitrogens is 1. The Bertz CT molecular complexity index is 355. The van der Waals surface area contributed by atoms with Crippen molar-refractivity contribution in [3.8, 4) is 0 Å². The summed E-state index contributed by atoms with van der Waals surface area (Å²) in [5.74, 6) is 0. The van der Waals surface area contributed by atoms with Gasteiger partial charge in [-0.25, -0.2) is 4.98 Å². The second kappa shape index (κ2) is 9.42. The molecule has 0 bridgehead atoms. The third-order valence-electron chi connectivity index (χ3n) is 2.80.